The van der Waals surface area contributed by atoms with Gasteiger partial charge in [-0.1, -0.05) is 198 Å². The molecule has 0 fully saturated rings. The molecular weight excluding hydrogens is 822 g/mol. The second-order valence-electron chi connectivity index (χ2n) is 19.3. The largest absolute Gasteiger partial charge is 0.472 e. The molecule has 64 heavy (non-hydrogen) atoms. The van der Waals surface area contributed by atoms with Gasteiger partial charge in [0.2, 0.25) is 0 Å². The summed E-state index contributed by atoms with van der Waals surface area (Å²) in [7, 11) is 1.47. The number of carbonyl (C=O) groups is 2. The summed E-state index contributed by atoms with van der Waals surface area (Å²) >= 11 is 0. The molecule has 0 heterocycles. The number of phosphoric ester groups is 1. The molecule has 0 saturated heterocycles. The molecule has 0 aromatic carbocycles. The van der Waals surface area contributed by atoms with Gasteiger partial charge >= 0.3 is 19.8 Å². The van der Waals surface area contributed by atoms with Gasteiger partial charge in [0.25, 0.3) is 0 Å². The van der Waals surface area contributed by atoms with Crippen LogP contribution in [0.1, 0.15) is 245 Å². The van der Waals surface area contributed by atoms with E-state index >= 15 is 0 Å². The van der Waals surface area contributed by atoms with Gasteiger partial charge in [-0.25, -0.2) is 4.57 Å². The standard InChI is InChI=1S/C54H102NO8P/c1-6-8-10-12-14-16-18-20-22-23-24-25-26-27-28-29-30-31-33-34-36-38-40-42-44-46-53(56)60-50-52(51-62-64(58,59)61-49-48-55(3,4)5)63-54(57)47-45-43-41-39-37-35-32-21-19-17-15-13-11-9-7-2/h15,17,21,23-24,32,52H,6-14,16,18-20,22,25-31,33-51H2,1-5H3/p+1/b17-15-,24-23-,32-21-. The zero-order valence-electron chi connectivity index (χ0n) is 42.5. The van der Waals surface area contributed by atoms with Crippen LogP contribution >= 0.6 is 7.82 Å². The molecular formula is C54H103NO8P+. The molecule has 0 bridgehead atoms. The Hall–Kier alpha value is -1.77. The maximum absolute atomic E-state index is 12.7. The molecule has 9 nitrogen and oxygen atoms in total. The third kappa shape index (κ3) is 49.7. The summed E-state index contributed by atoms with van der Waals surface area (Å²) in [5.74, 6) is -0.807. The molecule has 376 valence electrons. The highest BCUT2D eigenvalue weighted by atomic mass is 31.2. The third-order valence-electron chi connectivity index (χ3n) is 11.6. The van der Waals surface area contributed by atoms with E-state index < -0.39 is 26.5 Å². The summed E-state index contributed by atoms with van der Waals surface area (Å²) in [6.07, 6.45) is 54.9. The number of ether oxygens (including phenoxy) is 2. The van der Waals surface area contributed by atoms with Crippen LogP contribution in [0.15, 0.2) is 36.5 Å². The SMILES string of the molecule is CCCCC/C=C\C/C=C\CCCCCCCC(=O)OC(COC(=O)CCCCCCCCCCCCCCC/C=C\CCCCCCCCCC)COP(=O)(O)OCC[N+](C)(C)C. The molecule has 0 aromatic heterocycles. The van der Waals surface area contributed by atoms with E-state index in [1.54, 1.807) is 0 Å². The number of hydrogen-bond donors (Lipinski definition) is 1. The highest BCUT2D eigenvalue weighted by Crippen LogP contribution is 2.43. The Morgan fingerprint density at radius 1 is 0.484 bits per heavy atom. The lowest BCUT2D eigenvalue weighted by Gasteiger charge is -2.24. The molecule has 0 spiro atoms. The fraction of sp³-hybridized carbons (Fsp3) is 0.852. The van der Waals surface area contributed by atoms with Crippen molar-refractivity contribution in [1.82, 2.24) is 0 Å². The minimum atomic E-state index is -4.38. The van der Waals surface area contributed by atoms with E-state index in [1.807, 2.05) is 21.1 Å². The maximum Gasteiger partial charge on any atom is 0.472 e. The van der Waals surface area contributed by atoms with E-state index in [9.17, 15) is 19.0 Å². The van der Waals surface area contributed by atoms with E-state index in [-0.39, 0.29) is 32.0 Å². The van der Waals surface area contributed by atoms with Crippen LogP contribution in [0.4, 0.5) is 0 Å². The lowest BCUT2D eigenvalue weighted by Crippen LogP contribution is -2.37. The van der Waals surface area contributed by atoms with Crippen LogP contribution in [0.3, 0.4) is 0 Å². The quantitative estimate of drug-likeness (QED) is 0.0211. The van der Waals surface area contributed by atoms with Crippen molar-refractivity contribution in [3.05, 3.63) is 36.5 Å². The molecule has 0 amide bonds. The molecule has 0 aliphatic heterocycles. The highest BCUT2D eigenvalue weighted by molar-refractivity contribution is 7.47. The molecule has 0 rings (SSSR count). The number of carbonyl (C=O) groups excluding carboxylic acids is 2. The summed E-state index contributed by atoms with van der Waals surface area (Å²) in [5, 5.41) is 0. The summed E-state index contributed by atoms with van der Waals surface area (Å²) in [6.45, 7) is 4.41. The van der Waals surface area contributed by atoms with Crippen molar-refractivity contribution >= 4 is 19.8 Å². The van der Waals surface area contributed by atoms with E-state index in [4.69, 9.17) is 18.5 Å². The number of likely N-dealkylation sites (N-methyl/N-ethyl adjacent to an activating group) is 1. The van der Waals surface area contributed by atoms with Crippen molar-refractivity contribution < 1.29 is 42.1 Å². The Balaban J connectivity index is 4.16. The van der Waals surface area contributed by atoms with E-state index in [2.05, 4.69) is 50.3 Å². The second kappa shape index (κ2) is 46.3. The fourth-order valence-corrected chi connectivity index (χ4v) is 8.19. The first-order valence-corrected chi connectivity index (χ1v) is 28.2. The zero-order chi connectivity index (χ0) is 47.1. The van der Waals surface area contributed by atoms with Crippen LogP contribution in [0.5, 0.6) is 0 Å². The lowest BCUT2D eigenvalue weighted by molar-refractivity contribution is -0.870. The molecule has 0 aliphatic rings. The van der Waals surface area contributed by atoms with E-state index in [0.717, 1.165) is 57.8 Å². The molecule has 0 aliphatic carbocycles. The minimum absolute atomic E-state index is 0.0294. The first-order valence-electron chi connectivity index (χ1n) is 26.7. The molecule has 10 heteroatoms. The molecule has 0 saturated carbocycles. The van der Waals surface area contributed by atoms with Gasteiger partial charge in [-0.15, -0.1) is 0 Å². The fourth-order valence-electron chi connectivity index (χ4n) is 7.45. The normalized spacial score (nSPS) is 13.7. The average molecular weight is 925 g/mol. The monoisotopic (exact) mass is 925 g/mol. The number of allylic oxidation sites excluding steroid dienone is 6. The Bertz CT molecular complexity index is 1180. The van der Waals surface area contributed by atoms with Crippen molar-refractivity contribution in [2.24, 2.45) is 0 Å². The van der Waals surface area contributed by atoms with Crippen LogP contribution in [-0.4, -0.2) is 74.9 Å². The number of nitrogens with zero attached hydrogens (tertiary/aromatic N) is 1. The highest BCUT2D eigenvalue weighted by Gasteiger charge is 2.27. The van der Waals surface area contributed by atoms with Gasteiger partial charge in [-0.3, -0.25) is 18.6 Å². The molecule has 0 aromatic rings. The first-order chi connectivity index (χ1) is 31.0. The van der Waals surface area contributed by atoms with Crippen molar-refractivity contribution in [2.45, 2.75) is 251 Å². The van der Waals surface area contributed by atoms with Crippen LogP contribution in [-0.2, 0) is 32.7 Å². The van der Waals surface area contributed by atoms with Gasteiger partial charge in [0, 0.05) is 12.8 Å². The van der Waals surface area contributed by atoms with Gasteiger partial charge in [0.05, 0.1) is 27.7 Å². The Labute approximate surface area is 395 Å². The number of hydrogen-bond acceptors (Lipinski definition) is 7. The van der Waals surface area contributed by atoms with Crippen molar-refractivity contribution in [3.8, 4) is 0 Å². The van der Waals surface area contributed by atoms with Crippen LogP contribution in [0.25, 0.3) is 0 Å². The number of rotatable bonds is 49. The molecule has 2 atom stereocenters. The average Bonchev–Trinajstić information content (AvgIpc) is 3.25. The molecule has 1 N–H and O–H groups in total. The van der Waals surface area contributed by atoms with E-state index in [0.29, 0.717) is 17.4 Å². The second-order valence-corrected chi connectivity index (χ2v) is 20.7. The zero-order valence-corrected chi connectivity index (χ0v) is 43.4. The predicted octanol–water partition coefficient (Wildman–Crippen LogP) is 16.0. The van der Waals surface area contributed by atoms with Gasteiger partial charge in [-0.2, -0.15) is 0 Å². The summed E-state index contributed by atoms with van der Waals surface area (Å²) in [5.41, 5.74) is 0. The number of phosphoric acid groups is 1. The topological polar surface area (TPSA) is 108 Å². The molecule has 2 unspecified atom stereocenters. The Kier molecular flexibility index (Phi) is 45.1. The van der Waals surface area contributed by atoms with Crippen molar-refractivity contribution in [1.29, 1.82) is 0 Å². The van der Waals surface area contributed by atoms with Crippen molar-refractivity contribution in [2.75, 3.05) is 47.5 Å². The van der Waals surface area contributed by atoms with Gasteiger partial charge in [0.15, 0.2) is 6.10 Å². The third-order valence-corrected chi connectivity index (χ3v) is 12.6. The first kappa shape index (κ1) is 62.2. The van der Waals surface area contributed by atoms with Gasteiger partial charge < -0.3 is 18.9 Å². The van der Waals surface area contributed by atoms with Crippen LogP contribution in [0.2, 0.25) is 0 Å². The number of unbranched alkanes of at least 4 members (excludes halogenated alkanes) is 29. The number of esters is 2. The summed E-state index contributed by atoms with van der Waals surface area (Å²) in [6, 6.07) is 0. The van der Waals surface area contributed by atoms with Crippen molar-refractivity contribution in [3.63, 3.8) is 0 Å². The molecule has 0 radical (unpaired) electrons. The van der Waals surface area contributed by atoms with Gasteiger partial charge in [0.1, 0.15) is 19.8 Å². The maximum atomic E-state index is 12.7. The minimum Gasteiger partial charge on any atom is -0.462 e. The predicted molar refractivity (Wildman–Crippen MR) is 270 cm³/mol. The smallest absolute Gasteiger partial charge is 0.462 e. The Morgan fingerprint density at radius 3 is 1.28 bits per heavy atom. The van der Waals surface area contributed by atoms with E-state index in [1.165, 1.54) is 154 Å². The summed E-state index contributed by atoms with van der Waals surface area (Å²) < 4.78 is 34.4. The van der Waals surface area contributed by atoms with Gasteiger partial charge in [-0.05, 0) is 70.6 Å². The summed E-state index contributed by atoms with van der Waals surface area (Å²) in [4.78, 5) is 35.5. The van der Waals surface area contributed by atoms with Crippen LogP contribution in [0, 0.1) is 0 Å². The lowest BCUT2D eigenvalue weighted by atomic mass is 10.0. The van der Waals surface area contributed by atoms with Crippen LogP contribution < -0.4 is 0 Å². The Morgan fingerprint density at radius 2 is 0.844 bits per heavy atom. The number of quaternary nitrogens is 1.